The fourth-order valence-corrected chi connectivity index (χ4v) is 9.78. The second kappa shape index (κ2) is 10.3. The molecule has 0 amide bonds. The Balaban J connectivity index is 1.22. The second-order valence-corrected chi connectivity index (χ2v) is 14.7. The van der Waals surface area contributed by atoms with E-state index in [-0.39, 0.29) is 10.7 Å². The van der Waals surface area contributed by atoms with Crippen molar-refractivity contribution < 1.29 is 4.42 Å². The van der Waals surface area contributed by atoms with E-state index < -0.39 is 0 Å². The molecule has 0 bridgehead atoms. The van der Waals surface area contributed by atoms with Crippen LogP contribution in [0.1, 0.15) is 18.2 Å². The lowest BCUT2D eigenvalue weighted by Gasteiger charge is -2.35. The fraction of sp³-hybridized carbons (Fsp3) is 0.0667. The number of thioether (sulfide) groups is 1. The Bertz CT molecular complexity index is 2930. The predicted octanol–water partition coefficient (Wildman–Crippen LogP) is 11.7. The minimum Gasteiger partial charge on any atom is -0.455 e. The molecule has 0 N–H and O–H groups in total. The van der Waals surface area contributed by atoms with Gasteiger partial charge in [0, 0.05) is 37.1 Å². The van der Waals surface area contributed by atoms with Gasteiger partial charge in [-0.05, 0) is 65.6 Å². The maximum Gasteiger partial charge on any atom is 0.235 e. The average molecular weight is 660 g/mol. The molecule has 2 unspecified atom stereocenters. The van der Waals surface area contributed by atoms with Gasteiger partial charge in [0.15, 0.2) is 0 Å². The lowest BCUT2D eigenvalue weighted by molar-refractivity contribution is 0.606. The first kappa shape index (κ1) is 28.0. The van der Waals surface area contributed by atoms with E-state index in [0.29, 0.717) is 5.95 Å². The van der Waals surface area contributed by atoms with Gasteiger partial charge < -0.3 is 4.42 Å². The molecule has 4 heterocycles. The molecule has 50 heavy (non-hydrogen) atoms. The van der Waals surface area contributed by atoms with Crippen molar-refractivity contribution in [1.82, 2.24) is 14.5 Å². The average Bonchev–Trinajstić information content (AvgIpc) is 3.85. The fourth-order valence-electron chi connectivity index (χ4n) is 8.29. The summed E-state index contributed by atoms with van der Waals surface area (Å²) in [6.07, 6.45) is 6.85. The van der Waals surface area contributed by atoms with E-state index in [9.17, 15) is 0 Å². The molecule has 11 rings (SSSR count). The summed E-state index contributed by atoms with van der Waals surface area (Å²) in [5.41, 5.74) is 10.4. The van der Waals surface area contributed by atoms with Gasteiger partial charge >= 0.3 is 0 Å². The van der Waals surface area contributed by atoms with Crippen molar-refractivity contribution in [1.29, 1.82) is 0 Å². The Morgan fingerprint density at radius 2 is 1.46 bits per heavy atom. The van der Waals surface area contributed by atoms with E-state index in [0.717, 1.165) is 71.5 Å². The van der Waals surface area contributed by atoms with Crippen LogP contribution in [-0.4, -0.2) is 19.8 Å². The van der Waals surface area contributed by atoms with Crippen molar-refractivity contribution >= 4 is 72.0 Å². The van der Waals surface area contributed by atoms with E-state index in [1.807, 2.05) is 23.9 Å². The number of furan rings is 1. The van der Waals surface area contributed by atoms with Crippen LogP contribution >= 0.6 is 11.8 Å². The smallest absolute Gasteiger partial charge is 0.235 e. The van der Waals surface area contributed by atoms with Gasteiger partial charge in [0.05, 0.1) is 27.6 Å². The van der Waals surface area contributed by atoms with Crippen LogP contribution in [0.3, 0.4) is 0 Å². The van der Waals surface area contributed by atoms with Crippen LogP contribution in [0.4, 0.5) is 0 Å². The molecule has 0 radical (unpaired) electrons. The van der Waals surface area contributed by atoms with Crippen molar-refractivity contribution in [2.75, 3.05) is 0 Å². The topological polar surface area (TPSA) is 43.9 Å². The Morgan fingerprint density at radius 3 is 2.38 bits per heavy atom. The predicted molar refractivity (Wildman–Crippen MR) is 207 cm³/mol. The molecule has 0 spiro atoms. The maximum atomic E-state index is 6.65. The van der Waals surface area contributed by atoms with Crippen molar-refractivity contribution in [3.63, 3.8) is 0 Å². The van der Waals surface area contributed by atoms with Crippen molar-refractivity contribution in [3.05, 3.63) is 163 Å². The van der Waals surface area contributed by atoms with E-state index in [1.54, 1.807) is 0 Å². The third kappa shape index (κ3) is 3.84. The highest BCUT2D eigenvalue weighted by Crippen LogP contribution is 2.55. The summed E-state index contributed by atoms with van der Waals surface area (Å²) in [7, 11) is 0. The van der Waals surface area contributed by atoms with Crippen LogP contribution < -0.4 is 0 Å². The Morgan fingerprint density at radius 1 is 0.680 bits per heavy atom. The second-order valence-electron chi connectivity index (χ2n) is 13.5. The van der Waals surface area contributed by atoms with E-state index in [4.69, 9.17) is 14.4 Å². The highest BCUT2D eigenvalue weighted by Gasteiger charge is 2.45. The van der Waals surface area contributed by atoms with E-state index >= 15 is 0 Å². The standard InChI is InChI=1S/C45H29N3OS/c1-45(25-11-17-32-30-15-7-10-20-39(30)50-43(32)45)42-33-16-5-8-18-35(33)46-44(47-42)48-36-24-23-31-29-14-6-9-19-38(29)49-41(31)40(36)34-22-21-28(26-37(34)48)27-12-3-2-4-13-27/h2-26,43H,1H3. The molecule has 3 aromatic heterocycles. The number of aromatic nitrogens is 3. The van der Waals surface area contributed by atoms with Crippen LogP contribution in [0.15, 0.2) is 161 Å². The molecule has 0 saturated carbocycles. The lowest BCUT2D eigenvalue weighted by Crippen LogP contribution is -2.35. The zero-order valence-corrected chi connectivity index (χ0v) is 28.0. The number of hydrogen-bond donors (Lipinski definition) is 0. The number of nitrogens with zero attached hydrogens (tertiary/aromatic N) is 3. The zero-order chi connectivity index (χ0) is 33.0. The summed E-state index contributed by atoms with van der Waals surface area (Å²) in [5.74, 6) is 0.658. The van der Waals surface area contributed by atoms with Gasteiger partial charge in [0.2, 0.25) is 5.95 Å². The molecule has 236 valence electrons. The molecule has 5 heteroatoms. The minimum absolute atomic E-state index is 0.189. The van der Waals surface area contributed by atoms with E-state index in [2.05, 4.69) is 151 Å². The Hall–Kier alpha value is -5.91. The molecule has 2 atom stereocenters. The molecular weight excluding hydrogens is 631 g/mol. The SMILES string of the molecule is CC1(c2nc(-n3c4cc(-c5ccccc5)ccc4c4c5oc6ccccc6c5ccc43)nc3ccccc23)C=CC=C2c3ccccc3SC21. The number of hydrogen-bond acceptors (Lipinski definition) is 4. The lowest BCUT2D eigenvalue weighted by atomic mass is 9.74. The monoisotopic (exact) mass is 659 g/mol. The van der Waals surface area contributed by atoms with Crippen molar-refractivity contribution in [3.8, 4) is 17.1 Å². The molecular formula is C45H29N3OS. The minimum atomic E-state index is -0.384. The number of benzene rings is 6. The highest BCUT2D eigenvalue weighted by molar-refractivity contribution is 8.01. The molecule has 4 nitrogen and oxygen atoms in total. The van der Waals surface area contributed by atoms with Gasteiger partial charge in [0.1, 0.15) is 11.2 Å². The largest absolute Gasteiger partial charge is 0.455 e. The van der Waals surface area contributed by atoms with Crippen LogP contribution in [0.2, 0.25) is 0 Å². The molecule has 9 aromatic rings. The number of fused-ring (bicyclic) bond motifs is 11. The highest BCUT2D eigenvalue weighted by atomic mass is 32.2. The summed E-state index contributed by atoms with van der Waals surface area (Å²) < 4.78 is 8.90. The summed E-state index contributed by atoms with van der Waals surface area (Å²) in [5, 5.41) is 5.67. The Labute approximate surface area is 292 Å². The van der Waals surface area contributed by atoms with Crippen LogP contribution in [0.5, 0.6) is 0 Å². The third-order valence-electron chi connectivity index (χ3n) is 10.7. The van der Waals surface area contributed by atoms with Crippen LogP contribution in [0, 0.1) is 0 Å². The summed E-state index contributed by atoms with van der Waals surface area (Å²) in [4.78, 5) is 12.3. The first-order valence-corrected chi connectivity index (χ1v) is 17.9. The quantitative estimate of drug-likeness (QED) is 0.189. The summed E-state index contributed by atoms with van der Waals surface area (Å²) in [6.45, 7) is 2.34. The molecule has 1 aliphatic carbocycles. The van der Waals surface area contributed by atoms with Crippen molar-refractivity contribution in [2.45, 2.75) is 22.5 Å². The van der Waals surface area contributed by atoms with Gasteiger partial charge in [-0.15, -0.1) is 11.8 Å². The van der Waals surface area contributed by atoms with Gasteiger partial charge in [-0.2, -0.15) is 0 Å². The van der Waals surface area contributed by atoms with Gasteiger partial charge in [0.25, 0.3) is 0 Å². The van der Waals surface area contributed by atoms with Gasteiger partial charge in [-0.3, -0.25) is 4.57 Å². The zero-order valence-electron chi connectivity index (χ0n) is 27.2. The van der Waals surface area contributed by atoms with Crippen LogP contribution in [0.25, 0.3) is 77.3 Å². The molecule has 6 aromatic carbocycles. The summed E-state index contributed by atoms with van der Waals surface area (Å²) in [6, 6.07) is 47.2. The third-order valence-corrected chi connectivity index (χ3v) is 12.3. The molecule has 1 aliphatic heterocycles. The maximum absolute atomic E-state index is 6.65. The van der Waals surface area contributed by atoms with E-state index in [1.165, 1.54) is 16.0 Å². The first-order chi connectivity index (χ1) is 24.7. The number of rotatable bonds is 3. The van der Waals surface area contributed by atoms with Gasteiger partial charge in [-0.1, -0.05) is 115 Å². The molecule has 0 fully saturated rings. The first-order valence-electron chi connectivity index (χ1n) is 17.0. The summed E-state index contributed by atoms with van der Waals surface area (Å²) >= 11 is 1.94. The number of allylic oxidation sites excluding steroid dienone is 3. The van der Waals surface area contributed by atoms with Gasteiger partial charge in [-0.25, -0.2) is 9.97 Å². The van der Waals surface area contributed by atoms with Crippen LogP contribution in [-0.2, 0) is 5.41 Å². The normalized spacial score (nSPS) is 18.3. The number of para-hydroxylation sites is 2. The molecule has 2 aliphatic rings. The van der Waals surface area contributed by atoms with Crippen molar-refractivity contribution in [2.24, 2.45) is 0 Å². The molecule has 0 saturated heterocycles. The Kier molecular flexibility index (Phi) is 5.76.